The summed E-state index contributed by atoms with van der Waals surface area (Å²) in [6, 6.07) is 3.04. The van der Waals surface area contributed by atoms with Gasteiger partial charge in [-0.15, -0.1) is 0 Å². The normalized spacial score (nSPS) is 11.6. The summed E-state index contributed by atoms with van der Waals surface area (Å²) in [5.41, 5.74) is -0.825. The number of benzene rings is 1. The minimum absolute atomic E-state index is 0.0208. The summed E-state index contributed by atoms with van der Waals surface area (Å²) in [5, 5.41) is 2.61. The SMILES string of the molecule is CN(C)CCNC(=O)COc1cc(C(F)(F)F)ccc1Br. The topological polar surface area (TPSA) is 41.6 Å². The largest absolute Gasteiger partial charge is 0.483 e. The highest BCUT2D eigenvalue weighted by Gasteiger charge is 2.31. The summed E-state index contributed by atoms with van der Waals surface area (Å²) >= 11 is 3.09. The molecule has 1 N–H and O–H groups in total. The van der Waals surface area contributed by atoms with Gasteiger partial charge in [-0.05, 0) is 48.2 Å². The van der Waals surface area contributed by atoms with Crippen LogP contribution >= 0.6 is 15.9 Å². The van der Waals surface area contributed by atoms with E-state index in [-0.39, 0.29) is 18.3 Å². The van der Waals surface area contributed by atoms with E-state index in [4.69, 9.17) is 4.74 Å². The Morgan fingerprint density at radius 3 is 2.62 bits per heavy atom. The van der Waals surface area contributed by atoms with Gasteiger partial charge in [0.2, 0.25) is 0 Å². The van der Waals surface area contributed by atoms with E-state index in [0.29, 0.717) is 17.6 Å². The lowest BCUT2D eigenvalue weighted by molar-refractivity contribution is -0.137. The first kappa shape index (κ1) is 17.8. The minimum Gasteiger partial charge on any atom is -0.483 e. The maximum atomic E-state index is 12.6. The van der Waals surface area contributed by atoms with Crippen LogP contribution < -0.4 is 10.1 Å². The van der Waals surface area contributed by atoms with Crippen LogP contribution in [0.5, 0.6) is 5.75 Å². The molecule has 118 valence electrons. The van der Waals surface area contributed by atoms with Crippen molar-refractivity contribution in [2.75, 3.05) is 33.8 Å². The smallest absolute Gasteiger partial charge is 0.416 e. The fraction of sp³-hybridized carbons (Fsp3) is 0.462. The third-order valence-electron chi connectivity index (χ3n) is 2.50. The van der Waals surface area contributed by atoms with Gasteiger partial charge in [0, 0.05) is 13.1 Å². The van der Waals surface area contributed by atoms with E-state index in [1.54, 1.807) is 0 Å². The predicted octanol–water partition coefficient (Wildman–Crippen LogP) is 2.52. The lowest BCUT2D eigenvalue weighted by atomic mass is 10.2. The van der Waals surface area contributed by atoms with Gasteiger partial charge in [0.1, 0.15) is 5.75 Å². The average Bonchev–Trinajstić information content (AvgIpc) is 2.36. The lowest BCUT2D eigenvalue weighted by Crippen LogP contribution is -2.34. The summed E-state index contributed by atoms with van der Waals surface area (Å²) in [5.74, 6) is -0.409. The van der Waals surface area contributed by atoms with E-state index in [0.717, 1.165) is 12.1 Å². The number of ether oxygens (including phenoxy) is 1. The molecule has 0 unspecified atom stereocenters. The summed E-state index contributed by atoms with van der Waals surface area (Å²) in [4.78, 5) is 13.4. The van der Waals surface area contributed by atoms with Crippen LogP contribution in [-0.2, 0) is 11.0 Å². The van der Waals surface area contributed by atoms with E-state index in [1.165, 1.54) is 6.07 Å². The number of amides is 1. The molecule has 0 fully saturated rings. The maximum absolute atomic E-state index is 12.6. The molecule has 0 radical (unpaired) electrons. The van der Waals surface area contributed by atoms with E-state index >= 15 is 0 Å². The van der Waals surface area contributed by atoms with Crippen LogP contribution in [0.25, 0.3) is 0 Å². The van der Waals surface area contributed by atoms with Crippen molar-refractivity contribution in [3.63, 3.8) is 0 Å². The zero-order valence-electron chi connectivity index (χ0n) is 11.6. The van der Waals surface area contributed by atoms with E-state index in [2.05, 4.69) is 21.2 Å². The number of nitrogens with zero attached hydrogens (tertiary/aromatic N) is 1. The number of hydrogen-bond acceptors (Lipinski definition) is 3. The van der Waals surface area contributed by atoms with Crippen LogP contribution in [0.1, 0.15) is 5.56 Å². The van der Waals surface area contributed by atoms with Gasteiger partial charge in [0.15, 0.2) is 6.61 Å². The van der Waals surface area contributed by atoms with Crippen molar-refractivity contribution in [3.05, 3.63) is 28.2 Å². The molecule has 0 saturated heterocycles. The van der Waals surface area contributed by atoms with E-state index < -0.39 is 11.7 Å². The van der Waals surface area contributed by atoms with Crippen LogP contribution in [0, 0.1) is 0 Å². The molecule has 0 heterocycles. The quantitative estimate of drug-likeness (QED) is 0.838. The standard InChI is InChI=1S/C13H16BrF3N2O2/c1-19(2)6-5-18-12(20)8-21-11-7-9(13(15,16)17)3-4-10(11)14/h3-4,7H,5-6,8H2,1-2H3,(H,18,20). The first-order valence-corrected chi connectivity index (χ1v) is 6.90. The molecule has 0 saturated carbocycles. The number of carbonyl (C=O) groups is 1. The number of nitrogens with one attached hydrogen (secondary N) is 1. The van der Waals surface area contributed by atoms with Gasteiger partial charge < -0.3 is 15.0 Å². The Bertz CT molecular complexity index is 493. The Morgan fingerprint density at radius 2 is 2.05 bits per heavy atom. The molecule has 0 aromatic heterocycles. The number of carbonyl (C=O) groups excluding carboxylic acids is 1. The molecule has 0 spiro atoms. The summed E-state index contributed by atoms with van der Waals surface area (Å²) in [7, 11) is 3.73. The molecule has 0 bridgehead atoms. The number of hydrogen-bond donors (Lipinski definition) is 1. The molecule has 1 aromatic rings. The summed E-state index contributed by atoms with van der Waals surface area (Å²) in [6.45, 7) is 0.769. The van der Waals surface area contributed by atoms with Crippen molar-refractivity contribution in [1.29, 1.82) is 0 Å². The molecule has 0 atom stereocenters. The van der Waals surface area contributed by atoms with Crippen LogP contribution in [0.2, 0.25) is 0 Å². The second-order valence-electron chi connectivity index (χ2n) is 4.58. The molecule has 8 heteroatoms. The molecule has 1 rings (SSSR count). The monoisotopic (exact) mass is 368 g/mol. The molecule has 0 aliphatic carbocycles. The molecule has 0 aliphatic heterocycles. The molecular weight excluding hydrogens is 353 g/mol. The number of alkyl halides is 3. The Hall–Kier alpha value is -1.28. The fourth-order valence-electron chi connectivity index (χ4n) is 1.40. The van der Waals surface area contributed by atoms with Crippen molar-refractivity contribution < 1.29 is 22.7 Å². The number of rotatable bonds is 6. The van der Waals surface area contributed by atoms with Crippen molar-refractivity contribution in [2.45, 2.75) is 6.18 Å². The Labute approximate surface area is 129 Å². The highest BCUT2D eigenvalue weighted by molar-refractivity contribution is 9.10. The first-order chi connectivity index (χ1) is 9.70. The molecule has 21 heavy (non-hydrogen) atoms. The zero-order chi connectivity index (χ0) is 16.0. The average molecular weight is 369 g/mol. The highest BCUT2D eigenvalue weighted by atomic mass is 79.9. The first-order valence-electron chi connectivity index (χ1n) is 6.11. The van der Waals surface area contributed by atoms with Gasteiger partial charge in [0.25, 0.3) is 5.91 Å². The number of likely N-dealkylation sites (N-methyl/N-ethyl adjacent to an activating group) is 1. The van der Waals surface area contributed by atoms with Crippen LogP contribution in [-0.4, -0.2) is 44.6 Å². The van der Waals surface area contributed by atoms with Crippen molar-refractivity contribution >= 4 is 21.8 Å². The van der Waals surface area contributed by atoms with Crippen LogP contribution in [0.15, 0.2) is 22.7 Å². The zero-order valence-corrected chi connectivity index (χ0v) is 13.2. The minimum atomic E-state index is -4.45. The van der Waals surface area contributed by atoms with Gasteiger partial charge >= 0.3 is 6.18 Å². The molecular formula is C13H16BrF3N2O2. The van der Waals surface area contributed by atoms with E-state index in [9.17, 15) is 18.0 Å². The summed E-state index contributed by atoms with van der Waals surface area (Å²) < 4.78 is 43.2. The van der Waals surface area contributed by atoms with Gasteiger partial charge in [-0.25, -0.2) is 0 Å². The third-order valence-corrected chi connectivity index (χ3v) is 3.15. The second-order valence-corrected chi connectivity index (χ2v) is 5.44. The molecule has 1 aromatic carbocycles. The molecule has 1 amide bonds. The Balaban J connectivity index is 2.57. The van der Waals surface area contributed by atoms with Gasteiger partial charge in [0.05, 0.1) is 10.0 Å². The van der Waals surface area contributed by atoms with Gasteiger partial charge in [-0.2, -0.15) is 13.2 Å². The maximum Gasteiger partial charge on any atom is 0.416 e. The number of halogens is 4. The van der Waals surface area contributed by atoms with Gasteiger partial charge in [-0.3, -0.25) is 4.79 Å². The molecule has 4 nitrogen and oxygen atoms in total. The Morgan fingerprint density at radius 1 is 1.38 bits per heavy atom. The Kier molecular flexibility index (Phi) is 6.47. The predicted molar refractivity (Wildman–Crippen MR) is 76.2 cm³/mol. The lowest BCUT2D eigenvalue weighted by Gasteiger charge is -2.13. The van der Waals surface area contributed by atoms with Crippen molar-refractivity contribution in [3.8, 4) is 5.75 Å². The fourth-order valence-corrected chi connectivity index (χ4v) is 1.76. The second kappa shape index (κ2) is 7.65. The molecule has 0 aliphatic rings. The van der Waals surface area contributed by atoms with E-state index in [1.807, 2.05) is 19.0 Å². The van der Waals surface area contributed by atoms with Crippen LogP contribution in [0.4, 0.5) is 13.2 Å². The van der Waals surface area contributed by atoms with Crippen molar-refractivity contribution in [1.82, 2.24) is 10.2 Å². The third kappa shape index (κ3) is 6.34. The van der Waals surface area contributed by atoms with Crippen LogP contribution in [0.3, 0.4) is 0 Å². The van der Waals surface area contributed by atoms with Crippen molar-refractivity contribution in [2.24, 2.45) is 0 Å². The van der Waals surface area contributed by atoms with Gasteiger partial charge in [-0.1, -0.05) is 0 Å². The summed E-state index contributed by atoms with van der Waals surface area (Å²) in [6.07, 6.45) is -4.45. The highest BCUT2D eigenvalue weighted by Crippen LogP contribution is 2.34.